The summed E-state index contributed by atoms with van der Waals surface area (Å²) in [6.45, 7) is 0.444. The maximum atomic E-state index is 12.9. The number of methoxy groups -OCH3 is 1. The van der Waals surface area contributed by atoms with Gasteiger partial charge in [-0.15, -0.1) is 0 Å². The molecule has 0 aliphatic carbocycles. The number of sulfonamides is 1. The van der Waals surface area contributed by atoms with E-state index in [1.54, 1.807) is 0 Å². The van der Waals surface area contributed by atoms with Gasteiger partial charge in [0.05, 0.1) is 23.6 Å². The number of carbonyl (C=O) groups excluding carboxylic acids is 1. The molecular weight excluding hydrogens is 328 g/mol. The van der Waals surface area contributed by atoms with Gasteiger partial charge in [0.25, 0.3) is 5.91 Å². The largest absolute Gasteiger partial charge is 0.496 e. The van der Waals surface area contributed by atoms with Crippen molar-refractivity contribution in [1.82, 2.24) is 4.31 Å². The number of nitrogens with zero attached hydrogens (tertiary/aromatic N) is 1. The smallest absolute Gasteiger partial charge is 0.252 e. The summed E-state index contributed by atoms with van der Waals surface area (Å²) in [5.74, 6) is -0.475. The normalized spacial score (nSPS) is 18.0. The number of nitrogens with two attached hydrogens (primary N) is 1. The summed E-state index contributed by atoms with van der Waals surface area (Å²) < 4.78 is 32.3. The van der Waals surface area contributed by atoms with Crippen LogP contribution >= 0.6 is 0 Å². The Labute approximate surface area is 140 Å². The van der Waals surface area contributed by atoms with Crippen molar-refractivity contribution in [2.75, 3.05) is 13.7 Å². The first kappa shape index (κ1) is 16.5. The highest BCUT2D eigenvalue weighted by atomic mass is 32.2. The predicted octanol–water partition coefficient (Wildman–Crippen LogP) is 1.93. The van der Waals surface area contributed by atoms with Crippen LogP contribution < -0.4 is 10.5 Å². The lowest BCUT2D eigenvalue weighted by molar-refractivity contribution is 0.0997. The molecular formula is C17H18N2O4S. The summed E-state index contributed by atoms with van der Waals surface area (Å²) in [4.78, 5) is 11.6. The molecule has 0 spiro atoms. The molecule has 0 aromatic heterocycles. The van der Waals surface area contributed by atoms with Gasteiger partial charge in [0.15, 0.2) is 0 Å². The van der Waals surface area contributed by atoms with Crippen LogP contribution in [0, 0.1) is 0 Å². The first-order valence-corrected chi connectivity index (χ1v) is 8.94. The van der Waals surface area contributed by atoms with E-state index in [2.05, 4.69) is 0 Å². The van der Waals surface area contributed by atoms with E-state index in [1.165, 1.54) is 29.6 Å². The van der Waals surface area contributed by atoms with Crippen molar-refractivity contribution >= 4 is 15.9 Å². The average Bonchev–Trinajstić information content (AvgIpc) is 2.53. The number of hydrogen-bond donors (Lipinski definition) is 1. The molecule has 1 unspecified atom stereocenters. The number of amides is 1. The molecule has 0 bridgehead atoms. The van der Waals surface area contributed by atoms with Crippen LogP contribution in [0.25, 0.3) is 0 Å². The van der Waals surface area contributed by atoms with Crippen LogP contribution in [0.4, 0.5) is 0 Å². The van der Waals surface area contributed by atoms with Gasteiger partial charge in [-0.25, -0.2) is 8.42 Å². The van der Waals surface area contributed by atoms with E-state index >= 15 is 0 Å². The lowest BCUT2D eigenvalue weighted by Crippen LogP contribution is -2.45. The van der Waals surface area contributed by atoms with E-state index in [9.17, 15) is 13.2 Å². The van der Waals surface area contributed by atoms with Crippen LogP contribution in [0.15, 0.2) is 53.4 Å². The molecule has 7 heteroatoms. The van der Waals surface area contributed by atoms with Crippen LogP contribution in [0.1, 0.15) is 28.4 Å². The monoisotopic (exact) mass is 346 g/mol. The zero-order chi connectivity index (χ0) is 17.3. The van der Waals surface area contributed by atoms with Crippen LogP contribution in [-0.2, 0) is 10.0 Å². The Hall–Kier alpha value is -2.38. The van der Waals surface area contributed by atoms with Gasteiger partial charge in [-0.1, -0.05) is 30.3 Å². The molecule has 1 aliphatic rings. The molecule has 1 atom stereocenters. The van der Waals surface area contributed by atoms with Crippen molar-refractivity contribution in [3.8, 4) is 5.75 Å². The van der Waals surface area contributed by atoms with E-state index < -0.39 is 15.9 Å². The van der Waals surface area contributed by atoms with Gasteiger partial charge in [0.1, 0.15) is 5.75 Å². The van der Waals surface area contributed by atoms with Crippen LogP contribution in [0.2, 0.25) is 0 Å². The van der Waals surface area contributed by atoms with E-state index in [4.69, 9.17) is 10.5 Å². The fourth-order valence-electron chi connectivity index (χ4n) is 2.83. The van der Waals surface area contributed by atoms with Gasteiger partial charge < -0.3 is 10.5 Å². The maximum Gasteiger partial charge on any atom is 0.252 e. The number of primary amides is 1. The average molecular weight is 346 g/mol. The third-order valence-electron chi connectivity index (χ3n) is 4.20. The Bertz CT molecular complexity index is 865. The van der Waals surface area contributed by atoms with Crippen LogP contribution in [0.3, 0.4) is 0 Å². The number of ether oxygens (including phenoxy) is 1. The molecule has 2 aromatic carbocycles. The molecule has 6 nitrogen and oxygen atoms in total. The molecule has 1 fully saturated rings. The van der Waals surface area contributed by atoms with Crippen molar-refractivity contribution in [2.24, 2.45) is 5.73 Å². The van der Waals surface area contributed by atoms with Crippen molar-refractivity contribution in [2.45, 2.75) is 17.4 Å². The van der Waals surface area contributed by atoms with E-state index in [1.807, 2.05) is 30.3 Å². The molecule has 2 aromatic rings. The minimum atomic E-state index is -3.71. The second-order valence-corrected chi connectivity index (χ2v) is 7.45. The first-order chi connectivity index (χ1) is 11.4. The standard InChI is InChI=1S/C17H18N2O4S/c1-23-16-8-7-13(11-14(16)17(18)20)24(21,22)19-10-9-15(19)12-5-3-2-4-6-12/h2-8,11,15H,9-10H2,1H3,(H2,18,20). The Balaban J connectivity index is 1.97. The summed E-state index contributed by atoms with van der Waals surface area (Å²) in [6, 6.07) is 13.5. The zero-order valence-corrected chi connectivity index (χ0v) is 14.0. The van der Waals surface area contributed by atoms with E-state index in [0.29, 0.717) is 6.54 Å². The summed E-state index contributed by atoms with van der Waals surface area (Å²) in [6.07, 6.45) is 0.766. The van der Waals surface area contributed by atoms with Crippen LogP contribution in [0.5, 0.6) is 5.75 Å². The van der Waals surface area contributed by atoms with Crippen molar-refractivity contribution in [1.29, 1.82) is 0 Å². The maximum absolute atomic E-state index is 12.9. The van der Waals surface area contributed by atoms with Crippen LogP contribution in [-0.4, -0.2) is 32.3 Å². The molecule has 3 rings (SSSR count). The fraction of sp³-hybridized carbons (Fsp3) is 0.235. The molecule has 126 valence electrons. The highest BCUT2D eigenvalue weighted by Crippen LogP contribution is 2.38. The van der Waals surface area contributed by atoms with Crippen molar-refractivity contribution < 1.29 is 17.9 Å². The molecule has 1 aliphatic heterocycles. The van der Waals surface area contributed by atoms with E-state index in [-0.39, 0.29) is 22.3 Å². The van der Waals surface area contributed by atoms with Gasteiger partial charge in [-0.3, -0.25) is 4.79 Å². The quantitative estimate of drug-likeness (QED) is 0.896. The second kappa shape index (κ2) is 6.26. The summed E-state index contributed by atoms with van der Waals surface area (Å²) in [5, 5.41) is 0. The summed E-state index contributed by atoms with van der Waals surface area (Å²) >= 11 is 0. The Morgan fingerprint density at radius 2 is 1.92 bits per heavy atom. The minimum absolute atomic E-state index is 0.0396. The lowest BCUT2D eigenvalue weighted by Gasteiger charge is -2.40. The van der Waals surface area contributed by atoms with Gasteiger partial charge in [-0.2, -0.15) is 4.31 Å². The first-order valence-electron chi connectivity index (χ1n) is 7.50. The molecule has 1 amide bonds. The minimum Gasteiger partial charge on any atom is -0.496 e. The molecule has 0 radical (unpaired) electrons. The molecule has 1 heterocycles. The van der Waals surface area contributed by atoms with Gasteiger partial charge in [0, 0.05) is 6.54 Å². The van der Waals surface area contributed by atoms with Gasteiger partial charge in [-0.05, 0) is 30.2 Å². The highest BCUT2D eigenvalue weighted by molar-refractivity contribution is 7.89. The highest BCUT2D eigenvalue weighted by Gasteiger charge is 2.39. The SMILES string of the molecule is COc1ccc(S(=O)(=O)N2CCC2c2ccccc2)cc1C(N)=O. The lowest BCUT2D eigenvalue weighted by atomic mass is 9.98. The third kappa shape index (κ3) is 2.76. The molecule has 0 saturated carbocycles. The topological polar surface area (TPSA) is 89.7 Å². The predicted molar refractivity (Wildman–Crippen MR) is 89.2 cm³/mol. The van der Waals surface area contributed by atoms with Crippen molar-refractivity contribution in [3.05, 3.63) is 59.7 Å². The number of rotatable bonds is 5. The molecule has 24 heavy (non-hydrogen) atoms. The zero-order valence-electron chi connectivity index (χ0n) is 13.2. The summed E-state index contributed by atoms with van der Waals surface area (Å²) in [5.41, 5.74) is 6.32. The fourth-order valence-corrected chi connectivity index (χ4v) is 4.52. The van der Waals surface area contributed by atoms with E-state index in [0.717, 1.165) is 12.0 Å². The molecule has 2 N–H and O–H groups in total. The number of carbonyl (C=O) groups is 1. The van der Waals surface area contributed by atoms with Crippen molar-refractivity contribution in [3.63, 3.8) is 0 Å². The third-order valence-corrected chi connectivity index (χ3v) is 6.10. The second-order valence-electron chi connectivity index (χ2n) is 5.56. The number of hydrogen-bond acceptors (Lipinski definition) is 4. The number of benzene rings is 2. The Kier molecular flexibility index (Phi) is 4.29. The summed E-state index contributed by atoms with van der Waals surface area (Å²) in [7, 11) is -2.31. The molecule has 1 saturated heterocycles. The van der Waals surface area contributed by atoms with Gasteiger partial charge in [0.2, 0.25) is 10.0 Å². The Morgan fingerprint density at radius 1 is 1.21 bits per heavy atom. The Morgan fingerprint density at radius 3 is 2.46 bits per heavy atom. The van der Waals surface area contributed by atoms with Gasteiger partial charge >= 0.3 is 0 Å².